The van der Waals surface area contributed by atoms with Crippen LogP contribution in [0.15, 0.2) is 53.3 Å². The van der Waals surface area contributed by atoms with Crippen LogP contribution in [0, 0.1) is 6.92 Å². The Balaban J connectivity index is 1.95. The molecule has 0 unspecified atom stereocenters. The van der Waals surface area contributed by atoms with Crippen molar-refractivity contribution in [1.29, 1.82) is 0 Å². The molecule has 0 aliphatic heterocycles. The minimum Gasteiger partial charge on any atom is -0.497 e. The third-order valence-corrected chi connectivity index (χ3v) is 5.42. The molecule has 1 aromatic heterocycles. The van der Waals surface area contributed by atoms with E-state index in [0.717, 1.165) is 5.56 Å². The number of benzene rings is 2. The minimum atomic E-state index is -0.356. The zero-order chi connectivity index (χ0) is 23.3. The Hall–Kier alpha value is -3.16. The van der Waals surface area contributed by atoms with Crippen LogP contribution in [0.3, 0.4) is 0 Å². The smallest absolute Gasteiger partial charge is 0.257 e. The summed E-state index contributed by atoms with van der Waals surface area (Å²) in [4.78, 5) is 30.7. The van der Waals surface area contributed by atoms with E-state index < -0.39 is 0 Å². The van der Waals surface area contributed by atoms with Gasteiger partial charge in [-0.1, -0.05) is 35.9 Å². The maximum atomic E-state index is 13.2. The molecule has 8 heteroatoms. The molecular weight excluding hydrogens is 430 g/mol. The third kappa shape index (κ3) is 5.36. The van der Waals surface area contributed by atoms with Gasteiger partial charge in [0.05, 0.1) is 13.2 Å². The van der Waals surface area contributed by atoms with E-state index in [4.69, 9.17) is 16.3 Å². The van der Waals surface area contributed by atoms with Crippen LogP contribution < -0.4 is 15.6 Å². The number of rotatable bonds is 8. The van der Waals surface area contributed by atoms with E-state index in [1.807, 2.05) is 31.2 Å². The van der Waals surface area contributed by atoms with E-state index >= 15 is 0 Å². The van der Waals surface area contributed by atoms with Gasteiger partial charge in [-0.25, -0.2) is 4.98 Å². The first-order valence-electron chi connectivity index (χ1n) is 10.2. The zero-order valence-corrected chi connectivity index (χ0v) is 19.0. The molecular formula is C24H26ClN3O4. The molecule has 0 fully saturated rings. The number of aryl methyl sites for hydroxylation is 1. The van der Waals surface area contributed by atoms with Crippen LogP contribution in [0.4, 0.5) is 0 Å². The van der Waals surface area contributed by atoms with Gasteiger partial charge in [-0.05, 0) is 43.7 Å². The highest BCUT2D eigenvalue weighted by molar-refractivity contribution is 6.30. The summed E-state index contributed by atoms with van der Waals surface area (Å²) in [5, 5.41) is 12.8. The topological polar surface area (TPSA) is 93.4 Å². The molecule has 7 nitrogen and oxygen atoms in total. The predicted octanol–water partition coefficient (Wildman–Crippen LogP) is 3.29. The molecule has 32 heavy (non-hydrogen) atoms. The number of nitrogens with one attached hydrogen (secondary N) is 1. The lowest BCUT2D eigenvalue weighted by molar-refractivity contribution is -0.122. The van der Waals surface area contributed by atoms with Crippen molar-refractivity contribution in [3.05, 3.63) is 80.7 Å². The summed E-state index contributed by atoms with van der Waals surface area (Å²) in [6.45, 7) is 3.17. The number of nitrogens with zero attached hydrogens (tertiary/aromatic N) is 2. The quantitative estimate of drug-likeness (QED) is 0.543. The lowest BCUT2D eigenvalue weighted by atomic mass is 10.1. The van der Waals surface area contributed by atoms with Crippen LogP contribution in [0.2, 0.25) is 5.02 Å². The number of amides is 1. The molecule has 0 aliphatic rings. The number of ether oxygens (including phenoxy) is 1. The first-order chi connectivity index (χ1) is 15.3. The van der Waals surface area contributed by atoms with Gasteiger partial charge in [0.2, 0.25) is 5.91 Å². The Bertz CT molecular complexity index is 1180. The maximum absolute atomic E-state index is 13.2. The van der Waals surface area contributed by atoms with Crippen LogP contribution in [-0.2, 0) is 17.8 Å². The van der Waals surface area contributed by atoms with Crippen molar-refractivity contribution < 1.29 is 14.6 Å². The van der Waals surface area contributed by atoms with Crippen molar-refractivity contribution in [3.63, 3.8) is 0 Å². The Morgan fingerprint density at radius 1 is 1.25 bits per heavy atom. The van der Waals surface area contributed by atoms with Crippen LogP contribution in [-0.4, -0.2) is 34.3 Å². The zero-order valence-electron chi connectivity index (χ0n) is 18.3. The van der Waals surface area contributed by atoms with Crippen molar-refractivity contribution in [3.8, 4) is 17.1 Å². The van der Waals surface area contributed by atoms with Gasteiger partial charge in [-0.2, -0.15) is 0 Å². The highest BCUT2D eigenvalue weighted by Gasteiger charge is 2.19. The molecule has 0 saturated carbocycles. The Morgan fingerprint density at radius 2 is 2.00 bits per heavy atom. The summed E-state index contributed by atoms with van der Waals surface area (Å²) in [7, 11) is 1.58. The molecule has 0 saturated heterocycles. The molecule has 0 spiro atoms. The third-order valence-electron chi connectivity index (χ3n) is 5.19. The van der Waals surface area contributed by atoms with Crippen LogP contribution in [0.25, 0.3) is 11.4 Å². The van der Waals surface area contributed by atoms with Gasteiger partial charge in [0, 0.05) is 34.9 Å². The summed E-state index contributed by atoms with van der Waals surface area (Å²) in [5.41, 5.74) is 2.04. The number of carbonyl (C=O) groups excluding carboxylic acids is 1. The van der Waals surface area contributed by atoms with Gasteiger partial charge in [-0.15, -0.1) is 0 Å². The van der Waals surface area contributed by atoms with Crippen LogP contribution >= 0.6 is 11.6 Å². The summed E-state index contributed by atoms with van der Waals surface area (Å²) in [6.07, 6.45) is 0.162. The van der Waals surface area contributed by atoms with Gasteiger partial charge in [0.15, 0.2) is 0 Å². The second kappa shape index (κ2) is 10.4. The van der Waals surface area contributed by atoms with Crippen LogP contribution in [0.5, 0.6) is 5.75 Å². The Labute approximate surface area is 191 Å². The van der Waals surface area contributed by atoms with Gasteiger partial charge in [-0.3, -0.25) is 14.2 Å². The van der Waals surface area contributed by atoms with E-state index in [2.05, 4.69) is 10.3 Å². The first kappa shape index (κ1) is 23.5. The van der Waals surface area contributed by atoms with E-state index in [-0.39, 0.29) is 37.1 Å². The summed E-state index contributed by atoms with van der Waals surface area (Å²) >= 11 is 6.14. The van der Waals surface area contributed by atoms with Crippen LogP contribution in [0.1, 0.15) is 29.8 Å². The summed E-state index contributed by atoms with van der Waals surface area (Å²) in [6, 6.07) is 14.1. The summed E-state index contributed by atoms with van der Waals surface area (Å²) < 4.78 is 6.58. The average Bonchev–Trinajstić information content (AvgIpc) is 2.78. The summed E-state index contributed by atoms with van der Waals surface area (Å²) in [5.74, 6) is 0.701. The van der Waals surface area contributed by atoms with Crippen molar-refractivity contribution in [1.82, 2.24) is 14.9 Å². The molecule has 3 aromatic rings. The molecule has 0 radical (unpaired) electrons. The van der Waals surface area contributed by atoms with Crippen molar-refractivity contribution in [2.24, 2.45) is 0 Å². The van der Waals surface area contributed by atoms with Gasteiger partial charge < -0.3 is 15.2 Å². The second-order valence-corrected chi connectivity index (χ2v) is 7.88. The minimum absolute atomic E-state index is 0.162. The SMILES string of the molecule is COc1cccc([C@H](C)NC(=O)Cn2c(-c3cccc(Cl)c3)nc(C)c(CCO)c2=O)c1. The lowest BCUT2D eigenvalue weighted by Crippen LogP contribution is -2.36. The van der Waals surface area contributed by atoms with Crippen molar-refractivity contribution in [2.75, 3.05) is 13.7 Å². The number of carbonyl (C=O) groups is 1. The number of halogens is 1. The standard InChI is InChI=1S/C24H26ClN3O4/c1-15(17-6-5-9-20(13-17)32-3)26-22(30)14-28-23(18-7-4-8-19(25)12-18)27-16(2)21(10-11-29)24(28)31/h4-9,12-13,15,29H,10-11,14H2,1-3H3,(H,26,30)/t15-/m0/s1. The number of aromatic nitrogens is 2. The van der Waals surface area contributed by atoms with Gasteiger partial charge >= 0.3 is 0 Å². The van der Waals surface area contributed by atoms with E-state index in [9.17, 15) is 14.7 Å². The van der Waals surface area contributed by atoms with E-state index in [1.54, 1.807) is 38.3 Å². The fourth-order valence-electron chi connectivity index (χ4n) is 3.52. The fourth-order valence-corrected chi connectivity index (χ4v) is 3.71. The van der Waals surface area contributed by atoms with Gasteiger partial charge in [0.25, 0.3) is 5.56 Å². The van der Waals surface area contributed by atoms with Crippen molar-refractivity contribution >= 4 is 17.5 Å². The van der Waals surface area contributed by atoms with Crippen molar-refractivity contribution in [2.45, 2.75) is 32.9 Å². The number of hydrogen-bond acceptors (Lipinski definition) is 5. The van der Waals surface area contributed by atoms with E-state index in [1.165, 1.54) is 4.57 Å². The number of methoxy groups -OCH3 is 1. The maximum Gasteiger partial charge on any atom is 0.257 e. The number of hydrogen-bond donors (Lipinski definition) is 2. The average molecular weight is 456 g/mol. The number of aliphatic hydroxyl groups excluding tert-OH is 1. The monoisotopic (exact) mass is 455 g/mol. The molecule has 1 amide bonds. The lowest BCUT2D eigenvalue weighted by Gasteiger charge is -2.18. The fraction of sp³-hybridized carbons (Fsp3) is 0.292. The molecule has 0 bridgehead atoms. The molecule has 2 aromatic carbocycles. The van der Waals surface area contributed by atoms with E-state index in [0.29, 0.717) is 33.4 Å². The highest BCUT2D eigenvalue weighted by Crippen LogP contribution is 2.22. The largest absolute Gasteiger partial charge is 0.497 e. The number of aliphatic hydroxyl groups is 1. The second-order valence-electron chi connectivity index (χ2n) is 7.44. The molecule has 3 rings (SSSR count). The predicted molar refractivity (Wildman–Crippen MR) is 124 cm³/mol. The highest BCUT2D eigenvalue weighted by atomic mass is 35.5. The molecule has 1 heterocycles. The molecule has 1 atom stereocenters. The first-order valence-corrected chi connectivity index (χ1v) is 10.6. The molecule has 2 N–H and O–H groups in total. The molecule has 0 aliphatic carbocycles. The molecule has 168 valence electrons. The Morgan fingerprint density at radius 3 is 2.69 bits per heavy atom. The van der Waals surface area contributed by atoms with Gasteiger partial charge in [0.1, 0.15) is 18.1 Å². The normalized spacial score (nSPS) is 11.8. The Kier molecular flexibility index (Phi) is 7.66.